The van der Waals surface area contributed by atoms with E-state index in [2.05, 4.69) is 46.5 Å². The van der Waals surface area contributed by atoms with Gasteiger partial charge < -0.3 is 5.11 Å². The third-order valence-electron chi connectivity index (χ3n) is 9.05. The molecular weight excluding hydrogens is 606 g/mol. The number of pyridine rings is 1. The largest absolute Gasteiger partial charge is 0.382 e. The van der Waals surface area contributed by atoms with Gasteiger partial charge in [-0.25, -0.2) is 18.4 Å². The molecule has 0 aliphatic rings. The minimum Gasteiger partial charge on any atom is -0.382 e. The number of nitrogens with zero attached hydrogens (tertiary/aromatic N) is 6. The maximum absolute atomic E-state index is 15.1. The summed E-state index contributed by atoms with van der Waals surface area (Å²) >= 11 is 0. The normalized spacial score (nSPS) is 13.6. The number of aliphatic hydroxyl groups is 1. The van der Waals surface area contributed by atoms with Crippen LogP contribution in [0.2, 0.25) is 0 Å². The topological polar surface area (TPSA) is 81.6 Å². The Morgan fingerprint density at radius 1 is 0.729 bits per heavy atom. The van der Waals surface area contributed by atoms with Crippen molar-refractivity contribution in [1.29, 1.82) is 0 Å². The SMILES string of the molecule is C[C@H](c1ccc(-c2cnn(C(c3ccccc3)(c3ccccc3)c3ccccc3)c2)cn1)[C@@](O)(Cn1cncn1)c1ccc(F)cc1F. The maximum atomic E-state index is 15.1. The first-order valence-corrected chi connectivity index (χ1v) is 15.6. The molecule has 48 heavy (non-hydrogen) atoms. The highest BCUT2D eigenvalue weighted by atomic mass is 19.1. The van der Waals surface area contributed by atoms with E-state index in [0.717, 1.165) is 39.9 Å². The van der Waals surface area contributed by atoms with Gasteiger partial charge in [0.15, 0.2) is 0 Å². The lowest BCUT2D eigenvalue weighted by molar-refractivity contribution is -0.0123. The molecule has 0 bridgehead atoms. The smallest absolute Gasteiger partial charge is 0.138 e. The first-order valence-electron chi connectivity index (χ1n) is 15.6. The van der Waals surface area contributed by atoms with Gasteiger partial charge in [-0.3, -0.25) is 9.67 Å². The highest BCUT2D eigenvalue weighted by molar-refractivity contribution is 5.62. The van der Waals surface area contributed by atoms with Crippen LogP contribution >= 0.6 is 0 Å². The molecule has 4 aromatic carbocycles. The zero-order valence-electron chi connectivity index (χ0n) is 26.1. The summed E-state index contributed by atoms with van der Waals surface area (Å²) in [5.41, 5.74) is 2.70. The van der Waals surface area contributed by atoms with Crippen molar-refractivity contribution in [3.8, 4) is 11.1 Å². The first kappa shape index (κ1) is 30.8. The third-order valence-corrected chi connectivity index (χ3v) is 9.05. The molecule has 0 saturated carbocycles. The maximum Gasteiger partial charge on any atom is 0.138 e. The number of hydrogen-bond acceptors (Lipinski definition) is 5. The Balaban J connectivity index is 1.28. The Bertz CT molecular complexity index is 2010. The lowest BCUT2D eigenvalue weighted by atomic mass is 9.77. The van der Waals surface area contributed by atoms with Gasteiger partial charge in [0, 0.05) is 46.8 Å². The van der Waals surface area contributed by atoms with Gasteiger partial charge in [-0.1, -0.05) is 110 Å². The highest BCUT2D eigenvalue weighted by Crippen LogP contribution is 2.42. The average molecular weight is 639 g/mol. The number of rotatable bonds is 10. The van der Waals surface area contributed by atoms with Crippen LogP contribution in [-0.4, -0.2) is 34.6 Å². The molecule has 0 aliphatic carbocycles. The van der Waals surface area contributed by atoms with Crippen LogP contribution in [0.1, 0.15) is 40.8 Å². The molecule has 3 aromatic heterocycles. The van der Waals surface area contributed by atoms with E-state index in [-0.39, 0.29) is 12.1 Å². The zero-order valence-corrected chi connectivity index (χ0v) is 26.1. The van der Waals surface area contributed by atoms with Crippen molar-refractivity contribution in [1.82, 2.24) is 29.5 Å². The quantitative estimate of drug-likeness (QED) is 0.159. The van der Waals surface area contributed by atoms with Crippen LogP contribution in [0.3, 0.4) is 0 Å². The van der Waals surface area contributed by atoms with Crippen LogP contribution in [0.5, 0.6) is 0 Å². The lowest BCUT2D eigenvalue weighted by Gasteiger charge is -2.36. The summed E-state index contributed by atoms with van der Waals surface area (Å²) in [6.07, 6.45) is 8.33. The molecule has 0 unspecified atom stereocenters. The highest BCUT2D eigenvalue weighted by Gasteiger charge is 2.41. The second-order valence-corrected chi connectivity index (χ2v) is 11.8. The number of halogens is 2. The zero-order chi connectivity index (χ0) is 33.1. The van der Waals surface area contributed by atoms with Crippen molar-refractivity contribution in [2.75, 3.05) is 0 Å². The molecule has 0 aliphatic heterocycles. The molecule has 7 rings (SSSR count). The molecule has 9 heteroatoms. The van der Waals surface area contributed by atoms with Gasteiger partial charge in [0.1, 0.15) is 35.4 Å². The van der Waals surface area contributed by atoms with Gasteiger partial charge in [-0.15, -0.1) is 0 Å². The molecule has 0 spiro atoms. The molecule has 0 radical (unpaired) electrons. The standard InChI is InChI=1S/C39H32F2N6O/c1-28(38(48,25-46-27-42-26-45-46)35-19-18-34(40)21-36(35)41)37-20-17-29(22-43-37)30-23-44-47(24-30)39(31-11-5-2-6-12-31,32-13-7-3-8-14-32)33-15-9-4-10-16-33/h2-24,26-28,48H,25H2,1H3/t28-,38+/m1/s1. The van der Waals surface area contributed by atoms with Crippen LogP contribution in [0, 0.1) is 11.6 Å². The van der Waals surface area contributed by atoms with Crippen LogP contribution in [0.4, 0.5) is 8.78 Å². The second kappa shape index (κ2) is 12.8. The summed E-state index contributed by atoms with van der Waals surface area (Å²) in [6, 6.07) is 37.8. The Labute approximate surface area is 276 Å². The number of benzene rings is 4. The molecule has 7 aromatic rings. The van der Waals surface area contributed by atoms with Gasteiger partial charge in [0.25, 0.3) is 0 Å². The molecule has 2 atom stereocenters. The summed E-state index contributed by atoms with van der Waals surface area (Å²) in [6.45, 7) is 1.64. The first-order chi connectivity index (χ1) is 23.4. The van der Waals surface area contributed by atoms with E-state index in [1.165, 1.54) is 23.4 Å². The molecule has 1 N–H and O–H groups in total. The Morgan fingerprint density at radius 2 is 1.35 bits per heavy atom. The monoisotopic (exact) mass is 638 g/mol. The molecule has 7 nitrogen and oxygen atoms in total. The van der Waals surface area contributed by atoms with Crippen molar-refractivity contribution in [3.63, 3.8) is 0 Å². The fourth-order valence-electron chi connectivity index (χ4n) is 6.52. The van der Waals surface area contributed by atoms with Crippen LogP contribution in [-0.2, 0) is 17.7 Å². The summed E-state index contributed by atoms with van der Waals surface area (Å²) in [7, 11) is 0. The van der Waals surface area contributed by atoms with Crippen molar-refractivity contribution < 1.29 is 13.9 Å². The Morgan fingerprint density at radius 3 is 1.88 bits per heavy atom. The molecule has 0 amide bonds. The van der Waals surface area contributed by atoms with E-state index in [1.54, 1.807) is 13.1 Å². The van der Waals surface area contributed by atoms with Crippen molar-refractivity contribution in [2.45, 2.75) is 30.5 Å². The minimum absolute atomic E-state index is 0.0573. The average Bonchev–Trinajstić information content (AvgIpc) is 3.83. The minimum atomic E-state index is -1.81. The molecule has 3 heterocycles. The van der Waals surface area contributed by atoms with Gasteiger partial charge in [-0.05, 0) is 28.8 Å². The number of aromatic nitrogens is 6. The molecule has 0 fully saturated rings. The van der Waals surface area contributed by atoms with Gasteiger partial charge in [0.05, 0.1) is 12.7 Å². The third kappa shape index (κ3) is 5.48. The second-order valence-electron chi connectivity index (χ2n) is 11.8. The number of hydrogen-bond donors (Lipinski definition) is 1. The summed E-state index contributed by atoms with van der Waals surface area (Å²) in [5.74, 6) is -2.29. The van der Waals surface area contributed by atoms with Crippen LogP contribution in [0.25, 0.3) is 11.1 Å². The fourth-order valence-corrected chi connectivity index (χ4v) is 6.52. The summed E-state index contributed by atoms with van der Waals surface area (Å²) in [5, 5.41) is 21.1. The van der Waals surface area contributed by atoms with Gasteiger partial charge in [0.2, 0.25) is 0 Å². The molecule has 0 saturated heterocycles. The van der Waals surface area contributed by atoms with E-state index in [9.17, 15) is 9.50 Å². The lowest BCUT2D eigenvalue weighted by Crippen LogP contribution is -2.38. The molecular formula is C39H32F2N6O. The van der Waals surface area contributed by atoms with Gasteiger partial charge >= 0.3 is 0 Å². The van der Waals surface area contributed by atoms with Crippen molar-refractivity contribution >= 4 is 0 Å². The summed E-state index contributed by atoms with van der Waals surface area (Å²) < 4.78 is 32.4. The van der Waals surface area contributed by atoms with E-state index in [1.807, 2.05) is 83.8 Å². The van der Waals surface area contributed by atoms with E-state index >= 15 is 4.39 Å². The Kier molecular flexibility index (Phi) is 8.20. The fraction of sp³-hybridized carbons (Fsp3) is 0.128. The van der Waals surface area contributed by atoms with Crippen molar-refractivity contribution in [2.24, 2.45) is 0 Å². The van der Waals surface area contributed by atoms with E-state index in [4.69, 9.17) is 10.1 Å². The predicted molar refractivity (Wildman–Crippen MR) is 179 cm³/mol. The van der Waals surface area contributed by atoms with Crippen LogP contribution in [0.15, 0.2) is 153 Å². The van der Waals surface area contributed by atoms with Gasteiger partial charge in [-0.2, -0.15) is 10.2 Å². The van der Waals surface area contributed by atoms with E-state index in [0.29, 0.717) is 5.69 Å². The predicted octanol–water partition coefficient (Wildman–Crippen LogP) is 7.35. The van der Waals surface area contributed by atoms with Crippen LogP contribution < -0.4 is 0 Å². The summed E-state index contributed by atoms with van der Waals surface area (Å²) in [4.78, 5) is 8.68. The van der Waals surface area contributed by atoms with Crippen molar-refractivity contribution in [3.05, 3.63) is 192 Å². The molecule has 238 valence electrons. The Hall–Kier alpha value is -5.80. The van der Waals surface area contributed by atoms with E-state index < -0.39 is 28.7 Å².